The number of carbonyl (C=O) groups is 1. The lowest BCUT2D eigenvalue weighted by Gasteiger charge is -2.32. The average molecular weight is 284 g/mol. The third-order valence-corrected chi connectivity index (χ3v) is 3.65. The monoisotopic (exact) mass is 283 g/mol. The van der Waals surface area contributed by atoms with Gasteiger partial charge < -0.3 is 15.3 Å². The molecule has 1 saturated heterocycles. The number of pyridine rings is 1. The van der Waals surface area contributed by atoms with Gasteiger partial charge in [0, 0.05) is 31.9 Å². The molecule has 2 heterocycles. The molecule has 0 aromatic carbocycles. The Morgan fingerprint density at radius 2 is 2.26 bits per heavy atom. The summed E-state index contributed by atoms with van der Waals surface area (Å²) in [6.45, 7) is 2.47. The average Bonchev–Trinajstić information content (AvgIpc) is 2.40. The van der Waals surface area contributed by atoms with Crippen molar-refractivity contribution in [2.24, 2.45) is 0 Å². The van der Waals surface area contributed by atoms with Crippen molar-refractivity contribution in [3.05, 3.63) is 23.5 Å². The highest BCUT2D eigenvalue weighted by atomic mass is 35.5. The Bertz CT molecular complexity index is 434. The summed E-state index contributed by atoms with van der Waals surface area (Å²) in [7, 11) is 0. The van der Waals surface area contributed by atoms with E-state index in [0.29, 0.717) is 17.7 Å². The van der Waals surface area contributed by atoms with Crippen LogP contribution in [0.25, 0.3) is 0 Å². The topological polar surface area (TPSA) is 65.5 Å². The molecule has 1 aliphatic rings. The second kappa shape index (κ2) is 6.73. The van der Waals surface area contributed by atoms with Gasteiger partial charge in [0.05, 0.1) is 12.1 Å². The minimum absolute atomic E-state index is 0.215. The second-order valence-electron chi connectivity index (χ2n) is 4.75. The molecule has 0 bridgehead atoms. The number of hydrogen-bond donors (Lipinski definition) is 2. The predicted molar refractivity (Wildman–Crippen MR) is 74.6 cm³/mol. The van der Waals surface area contributed by atoms with Crippen LogP contribution in [-0.2, 0) is 4.79 Å². The summed E-state index contributed by atoms with van der Waals surface area (Å²) in [5.74, 6) is -0.734. The first-order valence-corrected chi connectivity index (χ1v) is 6.84. The lowest BCUT2D eigenvalue weighted by molar-refractivity contribution is -0.137. The van der Waals surface area contributed by atoms with E-state index in [-0.39, 0.29) is 6.42 Å². The maximum Gasteiger partial charge on any atom is 0.304 e. The van der Waals surface area contributed by atoms with Crippen LogP contribution in [0.2, 0.25) is 5.15 Å². The fourth-order valence-electron chi connectivity index (χ4n) is 2.27. The highest BCUT2D eigenvalue weighted by Crippen LogP contribution is 2.22. The number of aromatic nitrogens is 1. The van der Waals surface area contributed by atoms with Crippen LogP contribution in [0.15, 0.2) is 18.3 Å². The van der Waals surface area contributed by atoms with Crippen molar-refractivity contribution in [3.63, 3.8) is 0 Å². The molecule has 1 aromatic heterocycles. The van der Waals surface area contributed by atoms with Crippen LogP contribution in [0, 0.1) is 0 Å². The van der Waals surface area contributed by atoms with Gasteiger partial charge in [0.15, 0.2) is 5.15 Å². The quantitative estimate of drug-likeness (QED) is 0.810. The number of hydrogen-bond acceptors (Lipinski definition) is 4. The molecule has 2 N–H and O–H groups in total. The Hall–Kier alpha value is -1.33. The lowest BCUT2D eigenvalue weighted by Crippen LogP contribution is -2.40. The lowest BCUT2D eigenvalue weighted by atomic mass is 10.0. The molecule has 1 aliphatic heterocycles. The Balaban J connectivity index is 1.77. The number of likely N-dealkylation sites (tertiary alicyclic amines) is 1. The van der Waals surface area contributed by atoms with Gasteiger partial charge in [0.25, 0.3) is 0 Å². The van der Waals surface area contributed by atoms with Crippen LogP contribution in [0.4, 0.5) is 5.69 Å². The number of piperidine rings is 1. The summed E-state index contributed by atoms with van der Waals surface area (Å²) in [5, 5.41) is 12.6. The van der Waals surface area contributed by atoms with Crippen molar-refractivity contribution in [1.82, 2.24) is 9.88 Å². The molecule has 0 saturated carbocycles. The fourth-order valence-corrected chi connectivity index (χ4v) is 2.44. The summed E-state index contributed by atoms with van der Waals surface area (Å²) < 4.78 is 0. The molecule has 104 valence electrons. The van der Waals surface area contributed by atoms with Gasteiger partial charge >= 0.3 is 5.97 Å². The van der Waals surface area contributed by atoms with E-state index >= 15 is 0 Å². The smallest absolute Gasteiger partial charge is 0.304 e. The molecule has 0 radical (unpaired) electrons. The number of nitrogens with zero attached hydrogens (tertiary/aromatic N) is 2. The Labute approximate surface area is 117 Å². The summed E-state index contributed by atoms with van der Waals surface area (Å²) in [6.07, 6.45) is 3.87. The largest absolute Gasteiger partial charge is 0.481 e. The van der Waals surface area contributed by atoms with Gasteiger partial charge in [-0.05, 0) is 25.0 Å². The van der Waals surface area contributed by atoms with Crippen molar-refractivity contribution in [3.8, 4) is 0 Å². The molecule has 1 aromatic rings. The Morgan fingerprint density at radius 3 is 2.89 bits per heavy atom. The van der Waals surface area contributed by atoms with E-state index < -0.39 is 5.97 Å². The third kappa shape index (κ3) is 4.36. The standard InChI is InChI=1S/C13H18ClN3O2/c14-13-11(2-1-6-15-13)16-10-3-7-17(8-4-10)9-5-12(18)19/h1-2,6,10,16H,3-5,7-9H2,(H,18,19). The van der Waals surface area contributed by atoms with Crippen LogP contribution in [-0.4, -0.2) is 46.6 Å². The Morgan fingerprint density at radius 1 is 1.53 bits per heavy atom. The van der Waals surface area contributed by atoms with Gasteiger partial charge in [-0.25, -0.2) is 4.98 Å². The first-order valence-electron chi connectivity index (χ1n) is 6.46. The molecule has 0 amide bonds. The molecule has 6 heteroatoms. The normalized spacial score (nSPS) is 17.3. The first-order chi connectivity index (χ1) is 9.15. The van der Waals surface area contributed by atoms with Gasteiger partial charge in [0.1, 0.15) is 0 Å². The van der Waals surface area contributed by atoms with E-state index in [1.807, 2.05) is 12.1 Å². The zero-order valence-corrected chi connectivity index (χ0v) is 11.4. The predicted octanol–water partition coefficient (Wildman–Crippen LogP) is 2.09. The Kier molecular flexibility index (Phi) is 4.99. The summed E-state index contributed by atoms with van der Waals surface area (Å²) in [5.41, 5.74) is 0.869. The van der Waals surface area contributed by atoms with Crippen LogP contribution in [0.1, 0.15) is 19.3 Å². The fraction of sp³-hybridized carbons (Fsp3) is 0.538. The van der Waals surface area contributed by atoms with Crippen LogP contribution in [0.5, 0.6) is 0 Å². The number of carboxylic acids is 1. The number of rotatable bonds is 5. The molecule has 0 atom stereocenters. The first kappa shape index (κ1) is 14.1. The molecule has 19 heavy (non-hydrogen) atoms. The molecule has 1 fully saturated rings. The van der Waals surface area contributed by atoms with Gasteiger partial charge in [-0.3, -0.25) is 4.79 Å². The van der Waals surface area contributed by atoms with Gasteiger partial charge in [-0.2, -0.15) is 0 Å². The maximum atomic E-state index is 10.5. The minimum Gasteiger partial charge on any atom is -0.481 e. The SMILES string of the molecule is O=C(O)CCN1CCC(Nc2cccnc2Cl)CC1. The summed E-state index contributed by atoms with van der Waals surface area (Å²) >= 11 is 6.01. The molecule has 0 unspecified atom stereocenters. The van der Waals surface area contributed by atoms with Crippen molar-refractivity contribution >= 4 is 23.3 Å². The molecule has 2 rings (SSSR count). The number of aliphatic carboxylic acids is 1. The van der Waals surface area contributed by atoms with Crippen LogP contribution >= 0.6 is 11.6 Å². The molecule has 5 nitrogen and oxygen atoms in total. The highest BCUT2D eigenvalue weighted by molar-refractivity contribution is 6.31. The summed E-state index contributed by atoms with van der Waals surface area (Å²) in [4.78, 5) is 16.8. The van der Waals surface area contributed by atoms with E-state index in [1.165, 1.54) is 0 Å². The van der Waals surface area contributed by atoms with Gasteiger partial charge in [-0.15, -0.1) is 0 Å². The zero-order valence-electron chi connectivity index (χ0n) is 10.7. The highest BCUT2D eigenvalue weighted by Gasteiger charge is 2.19. The molecule has 0 aliphatic carbocycles. The van der Waals surface area contributed by atoms with Gasteiger partial charge in [-0.1, -0.05) is 11.6 Å². The van der Waals surface area contributed by atoms with Crippen molar-refractivity contribution in [1.29, 1.82) is 0 Å². The van der Waals surface area contributed by atoms with Gasteiger partial charge in [0.2, 0.25) is 0 Å². The van der Waals surface area contributed by atoms with Crippen LogP contribution in [0.3, 0.4) is 0 Å². The number of nitrogens with one attached hydrogen (secondary N) is 1. The zero-order chi connectivity index (χ0) is 13.7. The van der Waals surface area contributed by atoms with E-state index in [0.717, 1.165) is 31.6 Å². The van der Waals surface area contributed by atoms with E-state index in [4.69, 9.17) is 16.7 Å². The number of halogens is 1. The van der Waals surface area contributed by atoms with Crippen molar-refractivity contribution < 1.29 is 9.90 Å². The molecular weight excluding hydrogens is 266 g/mol. The van der Waals surface area contributed by atoms with Crippen LogP contribution < -0.4 is 5.32 Å². The van der Waals surface area contributed by atoms with Crippen molar-refractivity contribution in [2.45, 2.75) is 25.3 Å². The van der Waals surface area contributed by atoms with Crippen molar-refractivity contribution in [2.75, 3.05) is 25.0 Å². The molecular formula is C13H18ClN3O2. The maximum absolute atomic E-state index is 10.5. The van der Waals surface area contributed by atoms with E-state index in [1.54, 1.807) is 6.20 Å². The van der Waals surface area contributed by atoms with E-state index in [2.05, 4.69) is 15.2 Å². The van der Waals surface area contributed by atoms with E-state index in [9.17, 15) is 4.79 Å². The minimum atomic E-state index is -0.734. The second-order valence-corrected chi connectivity index (χ2v) is 5.10. The number of anilines is 1. The third-order valence-electron chi connectivity index (χ3n) is 3.35. The molecule has 0 spiro atoms. The number of carboxylic acid groups (broad SMARTS) is 1. The summed E-state index contributed by atoms with van der Waals surface area (Å²) in [6, 6.07) is 4.16.